The summed E-state index contributed by atoms with van der Waals surface area (Å²) in [5.41, 5.74) is -8.59. The van der Waals surface area contributed by atoms with E-state index in [-0.39, 0.29) is 17.8 Å². The SMILES string of the molecule is C[C@@H]1CC2C3C[C@H](F)C4=CC(=O)C=C[C@]4(C)C3(F)[C@@H](O)C[C@]2(C)[C@@]1(OC(=O)c1ccco1)C(=O)S(=O)(=O)CF. The molecule has 5 rings (SSSR count). The molecule has 1 N–H and O–H groups in total. The molecule has 1 heterocycles. The second-order valence-electron chi connectivity index (χ2n) is 11.6. The maximum atomic E-state index is 17.4. The van der Waals surface area contributed by atoms with E-state index in [1.165, 1.54) is 39.0 Å². The third kappa shape index (κ3) is 3.39. The van der Waals surface area contributed by atoms with Crippen LogP contribution in [0.15, 0.2) is 46.6 Å². The van der Waals surface area contributed by atoms with E-state index in [4.69, 9.17) is 9.15 Å². The quantitative estimate of drug-likeness (QED) is 0.544. The Bertz CT molecular complexity index is 1400. The lowest BCUT2D eigenvalue weighted by Gasteiger charge is -2.63. The molecule has 39 heavy (non-hydrogen) atoms. The van der Waals surface area contributed by atoms with Crippen molar-refractivity contribution in [2.75, 3.05) is 6.01 Å². The Labute approximate surface area is 223 Å². The number of sulfone groups is 1. The predicted octanol–water partition coefficient (Wildman–Crippen LogP) is 3.61. The second-order valence-corrected chi connectivity index (χ2v) is 13.4. The van der Waals surface area contributed by atoms with Crippen molar-refractivity contribution in [1.82, 2.24) is 0 Å². The Balaban J connectivity index is 1.69. The highest BCUT2D eigenvalue weighted by Crippen LogP contribution is 2.72. The number of rotatable bonds is 4. The molecule has 1 aromatic heterocycles. The summed E-state index contributed by atoms with van der Waals surface area (Å²) in [6, 6.07) is 0.535. The van der Waals surface area contributed by atoms with Gasteiger partial charge in [-0.1, -0.05) is 19.9 Å². The molecule has 1 aromatic rings. The largest absolute Gasteiger partial charge is 0.457 e. The molecule has 9 atom stereocenters. The Hall–Kier alpha value is -2.73. The maximum Gasteiger partial charge on any atom is 0.375 e. The molecule has 0 aliphatic heterocycles. The van der Waals surface area contributed by atoms with Crippen LogP contribution in [0, 0.1) is 28.6 Å². The summed E-state index contributed by atoms with van der Waals surface area (Å²) in [4.78, 5) is 38.8. The van der Waals surface area contributed by atoms with Crippen LogP contribution in [0.5, 0.6) is 0 Å². The van der Waals surface area contributed by atoms with E-state index in [0.717, 1.165) is 18.4 Å². The van der Waals surface area contributed by atoms with Gasteiger partial charge in [0.25, 0.3) is 5.12 Å². The molecule has 0 amide bonds. The average molecular weight is 571 g/mol. The van der Waals surface area contributed by atoms with Gasteiger partial charge in [0.05, 0.1) is 12.4 Å². The van der Waals surface area contributed by atoms with E-state index >= 15 is 8.78 Å². The van der Waals surface area contributed by atoms with Gasteiger partial charge in [0, 0.05) is 22.7 Å². The van der Waals surface area contributed by atoms with Crippen LogP contribution < -0.4 is 0 Å². The summed E-state index contributed by atoms with van der Waals surface area (Å²) in [7, 11) is -5.11. The van der Waals surface area contributed by atoms with Crippen molar-refractivity contribution in [1.29, 1.82) is 0 Å². The Morgan fingerprint density at radius 1 is 1.23 bits per heavy atom. The van der Waals surface area contributed by atoms with Gasteiger partial charge in [0.2, 0.25) is 15.6 Å². The van der Waals surface area contributed by atoms with Gasteiger partial charge in [-0.05, 0) is 62.0 Å². The summed E-state index contributed by atoms with van der Waals surface area (Å²) < 4.78 is 82.9. The van der Waals surface area contributed by atoms with Crippen molar-refractivity contribution in [2.24, 2.45) is 28.6 Å². The highest BCUT2D eigenvalue weighted by molar-refractivity contribution is 8.06. The number of carbonyl (C=O) groups is 3. The molecular formula is C27H29F3O8S. The molecule has 4 aliphatic rings. The number of allylic oxidation sites excluding steroid dienone is 4. The molecule has 12 heteroatoms. The normalized spacial score (nSPS) is 43.2. The lowest BCUT2D eigenvalue weighted by molar-refractivity contribution is -0.221. The van der Waals surface area contributed by atoms with Crippen LogP contribution in [-0.4, -0.2) is 59.9 Å². The molecular weight excluding hydrogens is 541 g/mol. The van der Waals surface area contributed by atoms with E-state index in [9.17, 15) is 32.3 Å². The van der Waals surface area contributed by atoms with Crippen molar-refractivity contribution < 1.29 is 50.2 Å². The Morgan fingerprint density at radius 2 is 1.92 bits per heavy atom. The number of aliphatic hydroxyl groups is 1. The number of halogens is 3. The van der Waals surface area contributed by atoms with Crippen molar-refractivity contribution in [3.8, 4) is 0 Å². The van der Waals surface area contributed by atoms with E-state index < -0.39 is 97.7 Å². The van der Waals surface area contributed by atoms with E-state index in [2.05, 4.69) is 0 Å². The zero-order chi connectivity index (χ0) is 28.8. The number of alkyl halides is 3. The van der Waals surface area contributed by atoms with Gasteiger partial charge in [0.1, 0.15) is 6.17 Å². The first kappa shape index (κ1) is 27.8. The summed E-state index contributed by atoms with van der Waals surface area (Å²) in [6.07, 6.45) is -0.211. The van der Waals surface area contributed by atoms with Crippen LogP contribution in [0.25, 0.3) is 0 Å². The lowest BCUT2D eigenvalue weighted by Crippen LogP contribution is -2.71. The first-order chi connectivity index (χ1) is 18.1. The summed E-state index contributed by atoms with van der Waals surface area (Å²) in [5, 5.41) is 9.78. The van der Waals surface area contributed by atoms with Crippen LogP contribution in [0.1, 0.15) is 50.6 Å². The molecule has 0 aromatic carbocycles. The Morgan fingerprint density at radius 3 is 2.54 bits per heavy atom. The maximum absolute atomic E-state index is 17.4. The number of ketones is 1. The molecule has 8 nitrogen and oxygen atoms in total. The van der Waals surface area contributed by atoms with Crippen molar-refractivity contribution in [3.63, 3.8) is 0 Å². The monoisotopic (exact) mass is 570 g/mol. The van der Waals surface area contributed by atoms with Crippen molar-refractivity contribution in [3.05, 3.63) is 48.0 Å². The van der Waals surface area contributed by atoms with Crippen LogP contribution >= 0.6 is 0 Å². The molecule has 3 unspecified atom stereocenters. The minimum Gasteiger partial charge on any atom is -0.457 e. The smallest absolute Gasteiger partial charge is 0.375 e. The number of aliphatic hydroxyl groups excluding tert-OH is 1. The first-order valence-electron chi connectivity index (χ1n) is 12.7. The minimum atomic E-state index is -5.11. The number of ether oxygens (including phenoxy) is 1. The van der Waals surface area contributed by atoms with Gasteiger partial charge in [-0.2, -0.15) is 0 Å². The second kappa shape index (κ2) is 8.63. The lowest BCUT2D eigenvalue weighted by atomic mass is 9.44. The van der Waals surface area contributed by atoms with E-state index in [1.807, 2.05) is 0 Å². The molecule has 212 valence electrons. The van der Waals surface area contributed by atoms with Crippen LogP contribution in [0.3, 0.4) is 0 Å². The highest BCUT2D eigenvalue weighted by Gasteiger charge is 2.79. The topological polar surface area (TPSA) is 128 Å². The van der Waals surface area contributed by atoms with Gasteiger partial charge in [-0.25, -0.2) is 26.4 Å². The number of hydrogen-bond donors (Lipinski definition) is 1. The van der Waals surface area contributed by atoms with E-state index in [1.54, 1.807) is 0 Å². The fourth-order valence-electron chi connectivity index (χ4n) is 8.09. The number of furan rings is 1. The average Bonchev–Trinajstić information content (AvgIpc) is 3.49. The Kier molecular flexibility index (Phi) is 6.16. The number of fused-ring (bicyclic) bond motifs is 5. The molecule has 0 bridgehead atoms. The summed E-state index contributed by atoms with van der Waals surface area (Å²) in [5.74, 6) is -5.37. The van der Waals surface area contributed by atoms with Crippen molar-refractivity contribution in [2.45, 2.75) is 63.6 Å². The molecule has 0 spiro atoms. The summed E-state index contributed by atoms with van der Waals surface area (Å²) >= 11 is 0. The zero-order valence-electron chi connectivity index (χ0n) is 21.5. The highest BCUT2D eigenvalue weighted by atomic mass is 32.2. The van der Waals surface area contributed by atoms with E-state index in [0.29, 0.717) is 0 Å². The summed E-state index contributed by atoms with van der Waals surface area (Å²) in [6.45, 7) is 4.22. The number of hydrogen-bond acceptors (Lipinski definition) is 8. The molecule has 0 radical (unpaired) electrons. The standard InChI is InChI=1S/C27H29F3O8S/c1-14-9-16-17-11-19(29)18-10-15(31)6-7-24(18,2)26(17,30)21(32)12-25(16,3)27(14,23(34)39(35,36)13-28)38-22(33)20-5-4-8-37-20/h4-8,10,14,16-17,19,21,32H,9,11-13H2,1-3H3/t14-,16?,17?,19+,21+,24+,25+,26?,27+/m1/s1. The zero-order valence-corrected chi connectivity index (χ0v) is 22.3. The van der Waals surface area contributed by atoms with Gasteiger partial charge in [-0.15, -0.1) is 0 Å². The van der Waals surface area contributed by atoms with Gasteiger partial charge >= 0.3 is 5.97 Å². The predicted molar refractivity (Wildman–Crippen MR) is 130 cm³/mol. The molecule has 3 saturated carbocycles. The van der Waals surface area contributed by atoms with Crippen LogP contribution in [0.2, 0.25) is 0 Å². The van der Waals surface area contributed by atoms with Crippen LogP contribution in [0.4, 0.5) is 13.2 Å². The number of carbonyl (C=O) groups excluding carboxylic acids is 3. The molecule has 0 saturated heterocycles. The van der Waals surface area contributed by atoms with Crippen LogP contribution in [-0.2, 0) is 24.2 Å². The van der Waals surface area contributed by atoms with Crippen molar-refractivity contribution >= 4 is 26.7 Å². The molecule has 3 fully saturated rings. The van der Waals surface area contributed by atoms with Gasteiger partial charge in [0.15, 0.2) is 23.1 Å². The number of esters is 1. The molecule has 4 aliphatic carbocycles. The van der Waals surface area contributed by atoms with Gasteiger partial charge < -0.3 is 14.3 Å². The van der Waals surface area contributed by atoms with Gasteiger partial charge in [-0.3, -0.25) is 9.59 Å². The third-order valence-corrected chi connectivity index (χ3v) is 11.0. The minimum absolute atomic E-state index is 0.0803. The fourth-order valence-corrected chi connectivity index (χ4v) is 9.13. The first-order valence-corrected chi connectivity index (χ1v) is 14.3. The third-order valence-electron chi connectivity index (χ3n) is 9.87. The fraction of sp³-hybridized carbons (Fsp3) is 0.593.